The Labute approximate surface area is 136 Å². The van der Waals surface area contributed by atoms with E-state index in [-0.39, 0.29) is 0 Å². The summed E-state index contributed by atoms with van der Waals surface area (Å²) >= 11 is 0. The van der Waals surface area contributed by atoms with Crippen LogP contribution in [0.3, 0.4) is 0 Å². The summed E-state index contributed by atoms with van der Waals surface area (Å²) in [5.41, 5.74) is -13.2. The number of alkyl halides is 6. The number of sulfonamides is 1. The zero-order chi connectivity index (χ0) is 20.0. The van der Waals surface area contributed by atoms with Gasteiger partial charge in [-0.05, 0) is 20.8 Å². The van der Waals surface area contributed by atoms with Crippen LogP contribution >= 0.6 is 0 Å². The summed E-state index contributed by atoms with van der Waals surface area (Å²) < 4.78 is 112. The lowest BCUT2D eigenvalue weighted by atomic mass is 10.4. The summed E-state index contributed by atoms with van der Waals surface area (Å²) in [4.78, 5) is 0. The molecule has 0 radical (unpaired) electrons. The van der Waals surface area contributed by atoms with Gasteiger partial charge >= 0.3 is 21.0 Å². The van der Waals surface area contributed by atoms with Gasteiger partial charge in [-0.15, -0.1) is 0 Å². The fourth-order valence-corrected chi connectivity index (χ4v) is 2.05. The molecule has 0 spiro atoms. The molecule has 0 heterocycles. The van der Waals surface area contributed by atoms with Crippen LogP contribution in [0.4, 0.5) is 26.3 Å². The highest BCUT2D eigenvalue weighted by Gasteiger charge is 2.48. The van der Waals surface area contributed by atoms with E-state index in [1.54, 1.807) is 0 Å². The second-order valence-corrected chi connectivity index (χ2v) is 8.08. The maximum Gasteiger partial charge on any atom is 0.518 e. The molecule has 146 valence electrons. The summed E-state index contributed by atoms with van der Waals surface area (Å²) in [6.45, 7) is 10.5. The maximum atomic E-state index is 11.5. The van der Waals surface area contributed by atoms with Crippen LogP contribution < -0.4 is 0 Å². The van der Waals surface area contributed by atoms with Crippen molar-refractivity contribution in [1.82, 2.24) is 0 Å². The zero-order valence-electron chi connectivity index (χ0n) is 13.3. The topological polar surface area (TPSA) is 80.6 Å². The predicted molar refractivity (Wildman–Crippen MR) is 76.2 cm³/mol. The lowest BCUT2D eigenvalue weighted by Crippen LogP contribution is -2.42. The Morgan fingerprint density at radius 1 is 0.833 bits per heavy atom. The summed E-state index contributed by atoms with van der Waals surface area (Å²) in [7, 11) is -10.2. The highest BCUT2D eigenvalue weighted by Crippen LogP contribution is 2.26. The summed E-state index contributed by atoms with van der Waals surface area (Å²) in [5.74, 6) is 0. The third-order valence-corrected chi connectivity index (χ3v) is 5.36. The monoisotopic (exact) mass is 409 g/mol. The molecule has 0 amide bonds. The first-order valence-corrected chi connectivity index (χ1v) is 9.39. The van der Waals surface area contributed by atoms with Gasteiger partial charge in [-0.3, -0.25) is 0 Å². The van der Waals surface area contributed by atoms with Crippen LogP contribution in [-0.4, -0.2) is 64.6 Å². The number of hydrogen-bond acceptors (Lipinski definition) is 4. The standard InChI is InChI=1S/C7H18N.C3HF6NO4S2/c1-5-8(4,6-2)7-3;4-2(5,6)15(11,12)1-10-16(13,14)3(7,8)9/h5-7H2,1-4H3;1H/q+1;/b;10-1+. The molecule has 6 nitrogen and oxygen atoms in total. The number of nitrogens with zero attached hydrogens (tertiary/aromatic N) is 2. The molecule has 0 aromatic heterocycles. The molecule has 0 unspecified atom stereocenters. The quantitative estimate of drug-likeness (QED) is 0.302. The molecule has 0 saturated heterocycles. The molecule has 24 heavy (non-hydrogen) atoms. The molecule has 0 N–H and O–H groups in total. The normalized spacial score (nSPS) is 14.4. The van der Waals surface area contributed by atoms with Gasteiger partial charge in [0.25, 0.3) is 9.84 Å². The number of halogens is 6. The minimum atomic E-state index is -6.30. The second-order valence-electron chi connectivity index (χ2n) is 4.69. The molecule has 0 aromatic rings. The lowest BCUT2D eigenvalue weighted by Gasteiger charge is -2.30. The van der Waals surface area contributed by atoms with Crippen molar-refractivity contribution >= 4 is 25.4 Å². The van der Waals surface area contributed by atoms with Crippen LogP contribution in [0.1, 0.15) is 20.8 Å². The zero-order valence-corrected chi connectivity index (χ0v) is 14.9. The largest absolute Gasteiger partial charge is 0.518 e. The third kappa shape index (κ3) is 7.79. The van der Waals surface area contributed by atoms with E-state index in [1.165, 1.54) is 28.5 Å². The van der Waals surface area contributed by atoms with Crippen molar-refractivity contribution in [3.63, 3.8) is 0 Å². The van der Waals surface area contributed by atoms with Crippen LogP contribution in [0.2, 0.25) is 0 Å². The van der Waals surface area contributed by atoms with Gasteiger partial charge in [0, 0.05) is 0 Å². The van der Waals surface area contributed by atoms with Crippen molar-refractivity contribution in [2.75, 3.05) is 26.7 Å². The van der Waals surface area contributed by atoms with Gasteiger partial charge in [0.05, 0.1) is 26.7 Å². The smallest absolute Gasteiger partial charge is 0.327 e. The third-order valence-electron chi connectivity index (χ3n) is 3.23. The van der Waals surface area contributed by atoms with Crippen molar-refractivity contribution in [3.8, 4) is 0 Å². The van der Waals surface area contributed by atoms with Gasteiger partial charge < -0.3 is 4.48 Å². The van der Waals surface area contributed by atoms with Gasteiger partial charge in [0.15, 0.2) is 0 Å². The molecule has 0 bridgehead atoms. The average molecular weight is 409 g/mol. The van der Waals surface area contributed by atoms with Gasteiger partial charge in [-0.25, -0.2) is 8.42 Å². The number of sulfone groups is 1. The Kier molecular flexibility index (Phi) is 8.95. The van der Waals surface area contributed by atoms with E-state index in [2.05, 4.69) is 27.8 Å². The molecule has 0 aromatic carbocycles. The molecule has 14 heteroatoms. The highest BCUT2D eigenvalue weighted by molar-refractivity contribution is 8.06. The summed E-state index contributed by atoms with van der Waals surface area (Å²) in [6, 6.07) is 0. The Morgan fingerprint density at radius 2 is 1.17 bits per heavy atom. The SMILES string of the molecule is CC[N+](C)(CC)CC.O=S(=O)(/C=N/S(=O)(=O)C(F)(F)F)C(F)(F)F. The molecule has 0 fully saturated rings. The fourth-order valence-electron chi connectivity index (χ4n) is 0.904. The number of rotatable bonds is 5. The van der Waals surface area contributed by atoms with Crippen molar-refractivity contribution in [3.05, 3.63) is 0 Å². The maximum absolute atomic E-state index is 11.5. The van der Waals surface area contributed by atoms with Crippen LogP contribution in [-0.2, 0) is 19.9 Å². The van der Waals surface area contributed by atoms with Crippen molar-refractivity contribution in [1.29, 1.82) is 0 Å². The van der Waals surface area contributed by atoms with Gasteiger partial charge in [-0.2, -0.15) is 39.2 Å². The second kappa shape index (κ2) is 8.47. The van der Waals surface area contributed by atoms with E-state index in [4.69, 9.17) is 0 Å². The number of hydrogen-bond donors (Lipinski definition) is 0. The predicted octanol–water partition coefficient (Wildman–Crippen LogP) is 2.29. The van der Waals surface area contributed by atoms with Crippen molar-refractivity contribution in [2.24, 2.45) is 4.40 Å². The Bertz CT molecular complexity index is 564. The molecule has 0 aliphatic heterocycles. The Morgan fingerprint density at radius 3 is 1.33 bits per heavy atom. The van der Waals surface area contributed by atoms with Crippen molar-refractivity contribution in [2.45, 2.75) is 31.8 Å². The molecule has 0 atom stereocenters. The Balaban J connectivity index is 0. The minimum Gasteiger partial charge on any atom is -0.327 e. The van der Waals surface area contributed by atoms with Crippen molar-refractivity contribution < 1.29 is 47.7 Å². The Hall–Kier alpha value is -0.890. The van der Waals surface area contributed by atoms with Crippen LogP contribution in [0.15, 0.2) is 4.40 Å². The molecule has 0 rings (SSSR count). The van der Waals surface area contributed by atoms with E-state index < -0.39 is 36.4 Å². The van der Waals surface area contributed by atoms with E-state index >= 15 is 0 Å². The molecular formula is C10H19F6N2O4S2+. The van der Waals surface area contributed by atoms with Crippen LogP contribution in [0, 0.1) is 0 Å². The summed E-state index contributed by atoms with van der Waals surface area (Å²) in [6.07, 6.45) is 0. The molecule has 0 saturated carbocycles. The van der Waals surface area contributed by atoms with Crippen LogP contribution in [0.25, 0.3) is 0 Å². The molecule has 0 aliphatic rings. The van der Waals surface area contributed by atoms with E-state index in [0.717, 1.165) is 0 Å². The fraction of sp³-hybridized carbons (Fsp3) is 0.900. The summed E-state index contributed by atoms with van der Waals surface area (Å²) in [5, 5.41) is 0. The van der Waals surface area contributed by atoms with E-state index in [0.29, 0.717) is 0 Å². The minimum absolute atomic E-state index is 1.21. The van der Waals surface area contributed by atoms with Gasteiger partial charge in [-0.1, -0.05) is 0 Å². The lowest BCUT2D eigenvalue weighted by molar-refractivity contribution is -0.904. The van der Waals surface area contributed by atoms with Crippen LogP contribution in [0.5, 0.6) is 0 Å². The first-order chi connectivity index (χ1) is 10.4. The van der Waals surface area contributed by atoms with E-state index in [9.17, 15) is 43.2 Å². The van der Waals surface area contributed by atoms with Gasteiger partial charge in [0.1, 0.15) is 5.55 Å². The van der Waals surface area contributed by atoms with Gasteiger partial charge in [0.2, 0.25) is 0 Å². The van der Waals surface area contributed by atoms with E-state index in [1.807, 2.05) is 0 Å². The first-order valence-electron chi connectivity index (χ1n) is 6.40. The first kappa shape index (κ1) is 25.4. The average Bonchev–Trinajstić information content (AvgIpc) is 2.43. The molecule has 0 aliphatic carbocycles. The number of quaternary nitrogens is 1. The molecular weight excluding hydrogens is 390 g/mol. The highest BCUT2D eigenvalue weighted by atomic mass is 32.2.